The minimum absolute atomic E-state index is 0.122. The highest BCUT2D eigenvalue weighted by Gasteiger charge is 2.39. The first kappa shape index (κ1) is 29.7. The first-order valence-electron chi connectivity index (χ1n) is 12.9. The van der Waals surface area contributed by atoms with Gasteiger partial charge < -0.3 is 10.2 Å². The number of benzene rings is 1. The van der Waals surface area contributed by atoms with E-state index in [9.17, 15) is 22.8 Å². The van der Waals surface area contributed by atoms with Crippen LogP contribution in [0.3, 0.4) is 0 Å². The average Bonchev–Trinajstić information content (AvgIpc) is 3.50. The van der Waals surface area contributed by atoms with Crippen molar-refractivity contribution in [2.45, 2.75) is 52.1 Å². The van der Waals surface area contributed by atoms with Crippen LogP contribution in [-0.4, -0.2) is 42.7 Å². The first-order valence-corrected chi connectivity index (χ1v) is 14.5. The number of amides is 1. The number of hydrogen-bond acceptors (Lipinski definition) is 8. The summed E-state index contributed by atoms with van der Waals surface area (Å²) in [6.45, 7) is 5.28. The lowest BCUT2D eigenvalue weighted by Gasteiger charge is -2.23. The van der Waals surface area contributed by atoms with Crippen LogP contribution in [0, 0.1) is 6.92 Å². The SMILES string of the molecule is CSNC(=O)c1nc(Cl)ccc1NC(C)c1cc(C)cc2c(=O)n(C)c(N3Cc4cn(C(C)C(F)(F)F)nc4C3)nc12. The first-order chi connectivity index (χ1) is 19.8. The van der Waals surface area contributed by atoms with Gasteiger partial charge in [-0.1, -0.05) is 29.6 Å². The van der Waals surface area contributed by atoms with Crippen LogP contribution in [0.4, 0.5) is 24.8 Å². The molecule has 15 heteroatoms. The molecule has 2 unspecified atom stereocenters. The maximum absolute atomic E-state index is 13.6. The summed E-state index contributed by atoms with van der Waals surface area (Å²) in [4.78, 5) is 37.1. The van der Waals surface area contributed by atoms with Crippen LogP contribution in [0.5, 0.6) is 0 Å². The molecule has 0 saturated heterocycles. The Balaban J connectivity index is 1.51. The number of nitrogens with zero attached hydrogens (tertiary/aromatic N) is 6. The fourth-order valence-corrected chi connectivity index (χ4v) is 5.42. The van der Waals surface area contributed by atoms with Crippen molar-refractivity contribution in [1.29, 1.82) is 0 Å². The molecule has 2 N–H and O–H groups in total. The Labute approximate surface area is 248 Å². The lowest BCUT2D eigenvalue weighted by atomic mass is 10.0. The van der Waals surface area contributed by atoms with Gasteiger partial charge >= 0.3 is 6.18 Å². The van der Waals surface area contributed by atoms with Crippen LogP contribution >= 0.6 is 23.5 Å². The van der Waals surface area contributed by atoms with Crippen molar-refractivity contribution >= 4 is 52.0 Å². The van der Waals surface area contributed by atoms with E-state index < -0.39 is 24.2 Å². The van der Waals surface area contributed by atoms with Gasteiger partial charge in [0.15, 0.2) is 5.69 Å². The van der Waals surface area contributed by atoms with Gasteiger partial charge in [-0.15, -0.1) is 0 Å². The van der Waals surface area contributed by atoms with Crippen molar-refractivity contribution in [3.05, 3.63) is 74.0 Å². The van der Waals surface area contributed by atoms with E-state index in [0.717, 1.165) is 34.7 Å². The molecule has 1 aliphatic rings. The van der Waals surface area contributed by atoms with Crippen molar-refractivity contribution in [2.75, 3.05) is 16.5 Å². The van der Waals surface area contributed by atoms with Gasteiger partial charge in [-0.2, -0.15) is 18.3 Å². The maximum atomic E-state index is 13.6. The van der Waals surface area contributed by atoms with Crippen LogP contribution in [-0.2, 0) is 20.1 Å². The van der Waals surface area contributed by atoms with E-state index >= 15 is 0 Å². The summed E-state index contributed by atoms with van der Waals surface area (Å²) in [5.41, 5.74) is 3.50. The van der Waals surface area contributed by atoms with Crippen LogP contribution in [0.1, 0.15) is 58.8 Å². The van der Waals surface area contributed by atoms with Crippen LogP contribution < -0.4 is 20.5 Å². The van der Waals surface area contributed by atoms with Crippen molar-refractivity contribution in [3.8, 4) is 0 Å². The highest BCUT2D eigenvalue weighted by molar-refractivity contribution is 7.97. The number of anilines is 2. The molecule has 1 amide bonds. The Morgan fingerprint density at radius 3 is 2.57 bits per heavy atom. The highest BCUT2D eigenvalue weighted by atomic mass is 35.5. The molecule has 0 saturated carbocycles. The zero-order valence-corrected chi connectivity index (χ0v) is 24.9. The molecule has 1 aliphatic heterocycles. The van der Waals surface area contributed by atoms with E-state index in [1.54, 1.807) is 31.5 Å². The molecule has 0 fully saturated rings. The fraction of sp³-hybridized carbons (Fsp3) is 0.370. The highest BCUT2D eigenvalue weighted by Crippen LogP contribution is 2.34. The zero-order valence-electron chi connectivity index (χ0n) is 23.4. The molecule has 2 atom stereocenters. The van der Waals surface area contributed by atoms with Gasteiger partial charge in [-0.05, 0) is 44.5 Å². The molecular formula is C27H28ClF3N8O2S. The van der Waals surface area contributed by atoms with Crippen LogP contribution in [0.2, 0.25) is 5.15 Å². The molecule has 10 nitrogen and oxygen atoms in total. The van der Waals surface area contributed by atoms with E-state index in [2.05, 4.69) is 20.1 Å². The number of carbonyl (C=O) groups is 1. The molecule has 0 bridgehead atoms. The summed E-state index contributed by atoms with van der Waals surface area (Å²) in [5.74, 6) is -0.0468. The van der Waals surface area contributed by atoms with Gasteiger partial charge in [-0.25, -0.2) is 9.97 Å². The average molecular weight is 621 g/mol. The Morgan fingerprint density at radius 2 is 1.90 bits per heavy atom. The summed E-state index contributed by atoms with van der Waals surface area (Å²) in [6.07, 6.45) is -1.29. The number of rotatable bonds is 7. The lowest BCUT2D eigenvalue weighted by Crippen LogP contribution is -2.29. The third-order valence-corrected chi connectivity index (χ3v) is 7.79. The lowest BCUT2D eigenvalue weighted by molar-refractivity contribution is -0.165. The predicted molar refractivity (Wildman–Crippen MR) is 157 cm³/mol. The van der Waals surface area contributed by atoms with Crippen molar-refractivity contribution in [2.24, 2.45) is 7.05 Å². The van der Waals surface area contributed by atoms with Gasteiger partial charge in [-0.3, -0.25) is 23.6 Å². The molecule has 0 aliphatic carbocycles. The fourth-order valence-electron chi connectivity index (χ4n) is 5.00. The largest absolute Gasteiger partial charge is 0.410 e. The van der Waals surface area contributed by atoms with Crippen molar-refractivity contribution in [3.63, 3.8) is 0 Å². The molecule has 42 heavy (non-hydrogen) atoms. The Hall–Kier alpha value is -3.78. The third-order valence-electron chi connectivity index (χ3n) is 7.19. The van der Waals surface area contributed by atoms with Gasteiger partial charge in [0.05, 0.1) is 34.9 Å². The Bertz CT molecular complexity index is 1730. The number of alkyl halides is 3. The van der Waals surface area contributed by atoms with Crippen molar-refractivity contribution < 1.29 is 18.0 Å². The number of aromatic nitrogens is 5. The zero-order chi connectivity index (χ0) is 30.5. The molecule has 0 radical (unpaired) electrons. The van der Waals surface area contributed by atoms with Crippen molar-refractivity contribution in [1.82, 2.24) is 29.0 Å². The van der Waals surface area contributed by atoms with Crippen LogP contribution in [0.15, 0.2) is 35.3 Å². The summed E-state index contributed by atoms with van der Waals surface area (Å²) >= 11 is 7.20. The second kappa shape index (κ2) is 11.1. The number of pyridine rings is 1. The molecule has 4 heterocycles. The third kappa shape index (κ3) is 5.52. The second-order valence-corrected chi connectivity index (χ2v) is 11.2. The quantitative estimate of drug-likeness (QED) is 0.211. The van der Waals surface area contributed by atoms with Gasteiger partial charge in [0.2, 0.25) is 5.95 Å². The summed E-state index contributed by atoms with van der Waals surface area (Å²) in [6, 6.07) is 4.77. The smallest absolute Gasteiger partial charge is 0.377 e. The molecule has 5 rings (SSSR count). The number of aryl methyl sites for hydroxylation is 1. The number of hydrogen-bond donors (Lipinski definition) is 2. The monoisotopic (exact) mass is 620 g/mol. The molecule has 222 valence electrons. The number of carbonyl (C=O) groups excluding carboxylic acids is 1. The van der Waals surface area contributed by atoms with E-state index in [1.165, 1.54) is 10.8 Å². The molecular weight excluding hydrogens is 593 g/mol. The molecule has 1 aromatic carbocycles. The molecule has 3 aromatic heterocycles. The number of nitrogens with one attached hydrogen (secondary N) is 2. The van der Waals surface area contributed by atoms with E-state index in [1.807, 2.05) is 24.8 Å². The van der Waals surface area contributed by atoms with Gasteiger partial charge in [0.25, 0.3) is 11.5 Å². The Kier molecular flexibility index (Phi) is 7.88. The standard InChI is InChI=1S/C27H28ClF3N8O2S/c1-13-8-17(14(2)32-19-6-7-21(28)33-23(19)24(40)36-42-5)22-18(9-13)25(41)37(4)26(34-22)38-10-16-11-39(35-20(16)12-38)15(3)27(29,30)31/h6-9,11,14-15,32H,10,12H2,1-5H3,(H,36,40). The normalized spacial score (nSPS) is 14.6. The summed E-state index contributed by atoms with van der Waals surface area (Å²) < 4.78 is 44.7. The minimum atomic E-state index is -4.41. The molecule has 4 aromatic rings. The summed E-state index contributed by atoms with van der Waals surface area (Å²) in [5, 5.41) is 8.08. The minimum Gasteiger partial charge on any atom is -0.377 e. The van der Waals surface area contributed by atoms with Crippen LogP contribution in [0.25, 0.3) is 10.9 Å². The van der Waals surface area contributed by atoms with E-state index in [0.29, 0.717) is 33.8 Å². The van der Waals surface area contributed by atoms with E-state index in [4.69, 9.17) is 16.6 Å². The number of fused-ring (bicyclic) bond motifs is 2. The number of halogens is 4. The van der Waals surface area contributed by atoms with E-state index in [-0.39, 0.29) is 29.5 Å². The Morgan fingerprint density at radius 1 is 1.17 bits per heavy atom. The summed E-state index contributed by atoms with van der Waals surface area (Å²) in [7, 11) is 1.62. The topological polar surface area (TPSA) is 110 Å². The molecule has 0 spiro atoms. The second-order valence-electron chi connectivity index (χ2n) is 10.2. The van der Waals surface area contributed by atoms with Gasteiger partial charge in [0, 0.05) is 37.2 Å². The maximum Gasteiger partial charge on any atom is 0.410 e. The van der Waals surface area contributed by atoms with Gasteiger partial charge in [0.1, 0.15) is 11.2 Å². The predicted octanol–water partition coefficient (Wildman–Crippen LogP) is 5.31.